The smallest absolute Gasteiger partial charge is 0.226 e. The molecule has 2 bridgehead atoms. The normalized spacial score (nSPS) is 41.1. The first-order valence-corrected chi connectivity index (χ1v) is 9.32. The predicted molar refractivity (Wildman–Crippen MR) is 83.6 cm³/mol. The molecular weight excluding hydrogens is 260 g/mol. The minimum absolute atomic E-state index is 0.413. The molecule has 0 aromatic carbocycles. The Hall–Kier alpha value is -0.570. The average Bonchev–Trinajstić information content (AvgIpc) is 2.96. The van der Waals surface area contributed by atoms with Crippen LogP contribution in [0.5, 0.6) is 0 Å². The molecule has 3 nitrogen and oxygen atoms in total. The highest BCUT2D eigenvalue weighted by atomic mass is 16.2. The van der Waals surface area contributed by atoms with Crippen LogP contribution in [-0.2, 0) is 4.79 Å². The van der Waals surface area contributed by atoms with Gasteiger partial charge in [0.25, 0.3) is 0 Å². The maximum absolute atomic E-state index is 13.1. The largest absolute Gasteiger partial charge is 0.339 e. The lowest BCUT2D eigenvalue weighted by atomic mass is 9.93. The molecule has 4 rings (SSSR count). The van der Waals surface area contributed by atoms with Gasteiger partial charge in [0.15, 0.2) is 0 Å². The number of nitrogens with two attached hydrogens (primary N) is 1. The Balaban J connectivity index is 1.44. The highest BCUT2D eigenvalue weighted by molar-refractivity contribution is 5.83. The van der Waals surface area contributed by atoms with Crippen molar-refractivity contribution in [2.24, 2.45) is 35.3 Å². The first kappa shape index (κ1) is 14.0. The standard InChI is InChI=1S/C18H30N2O/c19-9-4-10-20(14-5-2-1-3-6-14)18(21)17-15-12-7-8-13(11-12)16(15)17/h12-17H,1-11,19H2. The lowest BCUT2D eigenvalue weighted by Gasteiger charge is -2.35. The fourth-order valence-corrected chi connectivity index (χ4v) is 5.97. The molecule has 118 valence electrons. The first-order chi connectivity index (χ1) is 10.3. The van der Waals surface area contributed by atoms with Gasteiger partial charge >= 0.3 is 0 Å². The summed E-state index contributed by atoms with van der Waals surface area (Å²) in [4.78, 5) is 15.4. The van der Waals surface area contributed by atoms with Crippen LogP contribution in [0.25, 0.3) is 0 Å². The quantitative estimate of drug-likeness (QED) is 0.846. The zero-order chi connectivity index (χ0) is 14.4. The molecule has 2 N–H and O–H groups in total. The second-order valence-corrected chi connectivity index (χ2v) is 7.98. The minimum Gasteiger partial charge on any atom is -0.339 e. The Morgan fingerprint density at radius 3 is 2.29 bits per heavy atom. The first-order valence-electron chi connectivity index (χ1n) is 9.32. The van der Waals surface area contributed by atoms with E-state index in [4.69, 9.17) is 5.73 Å². The summed E-state index contributed by atoms with van der Waals surface area (Å²) in [7, 11) is 0. The van der Waals surface area contributed by atoms with Gasteiger partial charge in [-0.05, 0) is 68.7 Å². The van der Waals surface area contributed by atoms with Crippen molar-refractivity contribution in [1.29, 1.82) is 0 Å². The predicted octanol–water partition coefficient (Wildman–Crippen LogP) is 2.79. The molecule has 4 atom stereocenters. The number of rotatable bonds is 5. The minimum atomic E-state index is 0.413. The van der Waals surface area contributed by atoms with Gasteiger partial charge in [-0.1, -0.05) is 19.3 Å². The van der Waals surface area contributed by atoms with Crippen LogP contribution in [0.1, 0.15) is 57.8 Å². The van der Waals surface area contributed by atoms with Gasteiger partial charge in [-0.25, -0.2) is 0 Å². The van der Waals surface area contributed by atoms with Crippen LogP contribution in [-0.4, -0.2) is 29.9 Å². The van der Waals surface area contributed by atoms with Crippen molar-refractivity contribution in [2.45, 2.75) is 63.8 Å². The van der Waals surface area contributed by atoms with Gasteiger partial charge in [-0.2, -0.15) is 0 Å². The highest BCUT2D eigenvalue weighted by Crippen LogP contribution is 2.69. The van der Waals surface area contributed by atoms with Crippen LogP contribution in [0.3, 0.4) is 0 Å². The molecular formula is C18H30N2O. The summed E-state index contributed by atoms with van der Waals surface area (Å²) in [5.41, 5.74) is 5.71. The number of carbonyl (C=O) groups is 1. The van der Waals surface area contributed by atoms with Crippen molar-refractivity contribution in [3.63, 3.8) is 0 Å². The number of hydrogen-bond acceptors (Lipinski definition) is 2. The van der Waals surface area contributed by atoms with E-state index < -0.39 is 0 Å². The molecule has 0 aromatic heterocycles. The van der Waals surface area contributed by atoms with Crippen molar-refractivity contribution < 1.29 is 4.79 Å². The van der Waals surface area contributed by atoms with Gasteiger partial charge in [0.1, 0.15) is 0 Å². The fraction of sp³-hybridized carbons (Fsp3) is 0.944. The molecule has 3 heteroatoms. The number of nitrogens with zero attached hydrogens (tertiary/aromatic N) is 1. The lowest BCUT2D eigenvalue weighted by Crippen LogP contribution is -2.44. The van der Waals surface area contributed by atoms with Crippen LogP contribution in [0.15, 0.2) is 0 Å². The van der Waals surface area contributed by atoms with Crippen LogP contribution in [0.4, 0.5) is 0 Å². The van der Waals surface area contributed by atoms with E-state index >= 15 is 0 Å². The molecule has 21 heavy (non-hydrogen) atoms. The van der Waals surface area contributed by atoms with Crippen LogP contribution in [0.2, 0.25) is 0 Å². The van der Waals surface area contributed by atoms with Crippen LogP contribution >= 0.6 is 0 Å². The van der Waals surface area contributed by atoms with Gasteiger partial charge in [0.2, 0.25) is 5.91 Å². The summed E-state index contributed by atoms with van der Waals surface area (Å²) in [5, 5.41) is 0. The van der Waals surface area contributed by atoms with Crippen molar-refractivity contribution in [1.82, 2.24) is 4.90 Å². The topological polar surface area (TPSA) is 46.3 Å². The van der Waals surface area contributed by atoms with E-state index in [0.717, 1.165) is 36.6 Å². The van der Waals surface area contributed by atoms with E-state index in [1.165, 1.54) is 51.4 Å². The number of amides is 1. The Morgan fingerprint density at radius 1 is 1.00 bits per heavy atom. The Kier molecular flexibility index (Phi) is 3.72. The van der Waals surface area contributed by atoms with Crippen LogP contribution < -0.4 is 5.73 Å². The Bertz CT molecular complexity index is 388. The molecule has 0 radical (unpaired) electrons. The summed E-state index contributed by atoms with van der Waals surface area (Å²) in [6.45, 7) is 1.62. The summed E-state index contributed by atoms with van der Waals surface area (Å²) >= 11 is 0. The zero-order valence-electron chi connectivity index (χ0n) is 13.2. The van der Waals surface area contributed by atoms with E-state index in [-0.39, 0.29) is 0 Å². The summed E-state index contributed by atoms with van der Waals surface area (Å²) < 4.78 is 0. The summed E-state index contributed by atoms with van der Waals surface area (Å²) in [6, 6.07) is 0.525. The zero-order valence-corrected chi connectivity index (χ0v) is 13.2. The highest BCUT2D eigenvalue weighted by Gasteiger charge is 2.68. The third-order valence-corrected chi connectivity index (χ3v) is 6.92. The molecule has 0 aromatic rings. The molecule has 4 aliphatic carbocycles. The van der Waals surface area contributed by atoms with Crippen LogP contribution in [0, 0.1) is 29.6 Å². The fourth-order valence-electron chi connectivity index (χ4n) is 5.97. The molecule has 4 fully saturated rings. The van der Waals surface area contributed by atoms with Gasteiger partial charge in [-0.3, -0.25) is 4.79 Å². The lowest BCUT2D eigenvalue weighted by molar-refractivity contribution is -0.136. The summed E-state index contributed by atoms with van der Waals surface area (Å²) in [5.74, 6) is 4.28. The number of hydrogen-bond donors (Lipinski definition) is 1. The van der Waals surface area contributed by atoms with Crippen molar-refractivity contribution in [3.8, 4) is 0 Å². The van der Waals surface area contributed by atoms with Crippen molar-refractivity contribution >= 4 is 5.91 Å². The third kappa shape index (κ3) is 2.32. The van der Waals surface area contributed by atoms with E-state index in [1.54, 1.807) is 0 Å². The molecule has 4 unspecified atom stereocenters. The SMILES string of the molecule is NCCCN(C(=O)C1C2C3CCC(C3)C12)C1CCCCC1. The van der Waals surface area contributed by atoms with Crippen molar-refractivity contribution in [3.05, 3.63) is 0 Å². The molecule has 1 amide bonds. The average molecular weight is 290 g/mol. The second kappa shape index (κ2) is 5.57. The molecule has 0 saturated heterocycles. The summed E-state index contributed by atoms with van der Waals surface area (Å²) in [6.07, 6.45) is 11.6. The molecule has 0 heterocycles. The maximum Gasteiger partial charge on any atom is 0.226 e. The van der Waals surface area contributed by atoms with Gasteiger partial charge in [0.05, 0.1) is 0 Å². The third-order valence-electron chi connectivity index (χ3n) is 6.92. The molecule has 0 spiro atoms. The van der Waals surface area contributed by atoms with Gasteiger partial charge in [0, 0.05) is 18.5 Å². The van der Waals surface area contributed by atoms with E-state index in [2.05, 4.69) is 4.90 Å². The Labute approximate surface area is 128 Å². The Morgan fingerprint density at radius 2 is 1.67 bits per heavy atom. The van der Waals surface area contributed by atoms with E-state index in [0.29, 0.717) is 24.4 Å². The van der Waals surface area contributed by atoms with Crippen molar-refractivity contribution in [2.75, 3.05) is 13.1 Å². The van der Waals surface area contributed by atoms with Gasteiger partial charge < -0.3 is 10.6 Å². The molecule has 4 saturated carbocycles. The van der Waals surface area contributed by atoms with E-state index in [1.807, 2.05) is 0 Å². The number of fused-ring (bicyclic) bond motifs is 5. The molecule has 0 aliphatic heterocycles. The van der Waals surface area contributed by atoms with E-state index in [9.17, 15) is 4.79 Å². The second-order valence-electron chi connectivity index (χ2n) is 7.98. The van der Waals surface area contributed by atoms with Gasteiger partial charge in [-0.15, -0.1) is 0 Å². The number of carbonyl (C=O) groups excluding carboxylic acids is 1. The molecule has 4 aliphatic rings. The monoisotopic (exact) mass is 290 g/mol. The maximum atomic E-state index is 13.1.